The van der Waals surface area contributed by atoms with Crippen LogP contribution in [0, 0.1) is 22.5 Å². The first-order valence-corrected chi connectivity index (χ1v) is 10.6. The fourth-order valence-electron chi connectivity index (χ4n) is 3.51. The molecular formula is C26H27N3O3. The summed E-state index contributed by atoms with van der Waals surface area (Å²) in [6, 6.07) is 23.1. The van der Waals surface area contributed by atoms with Crippen LogP contribution in [0.4, 0.5) is 0 Å². The van der Waals surface area contributed by atoms with Crippen LogP contribution in [-0.4, -0.2) is 18.6 Å². The number of nitriles is 1. The van der Waals surface area contributed by atoms with Crippen molar-refractivity contribution in [1.29, 1.82) is 5.26 Å². The highest BCUT2D eigenvalue weighted by Gasteiger charge is 2.26. The molecule has 0 aliphatic heterocycles. The number of rotatable bonds is 9. The molecule has 2 atom stereocenters. The molecule has 0 saturated carbocycles. The summed E-state index contributed by atoms with van der Waals surface area (Å²) >= 11 is 0. The minimum absolute atomic E-state index is 0.0573. The van der Waals surface area contributed by atoms with Gasteiger partial charge in [0, 0.05) is 11.6 Å². The number of aromatic nitrogens is 1. The van der Waals surface area contributed by atoms with E-state index in [2.05, 4.69) is 5.32 Å². The summed E-state index contributed by atoms with van der Waals surface area (Å²) in [7, 11) is 0. The smallest absolute Gasteiger partial charge is 0.250 e. The van der Waals surface area contributed by atoms with Gasteiger partial charge in [-0.3, -0.25) is 4.79 Å². The Bertz CT molecular complexity index is 1060. The molecule has 1 N–H and O–H groups in total. The Morgan fingerprint density at radius 1 is 1.03 bits per heavy atom. The molecule has 0 radical (unpaired) electrons. The Labute approximate surface area is 188 Å². The molecule has 3 aromatic rings. The molecule has 1 amide bonds. The quantitative estimate of drug-likeness (QED) is 0.314. The molecule has 0 unspecified atom stereocenters. The van der Waals surface area contributed by atoms with Crippen molar-refractivity contribution >= 4 is 5.91 Å². The fraction of sp³-hybridized carbons (Fsp3) is 0.269. The van der Waals surface area contributed by atoms with Crippen molar-refractivity contribution in [3.63, 3.8) is 0 Å². The van der Waals surface area contributed by atoms with Crippen molar-refractivity contribution in [3.05, 3.63) is 95.5 Å². The average Bonchev–Trinajstić information content (AvgIpc) is 2.80. The van der Waals surface area contributed by atoms with Gasteiger partial charge < -0.3 is 15.3 Å². The van der Waals surface area contributed by atoms with Gasteiger partial charge >= 0.3 is 0 Å². The van der Waals surface area contributed by atoms with E-state index in [1.807, 2.05) is 80.6 Å². The van der Waals surface area contributed by atoms with Gasteiger partial charge in [0.05, 0.1) is 6.07 Å². The summed E-state index contributed by atoms with van der Waals surface area (Å²) in [6.07, 6.45) is 2.36. The second-order valence-corrected chi connectivity index (χ2v) is 8.00. The highest BCUT2D eigenvalue weighted by Crippen LogP contribution is 2.30. The van der Waals surface area contributed by atoms with E-state index in [1.54, 1.807) is 6.07 Å². The van der Waals surface area contributed by atoms with E-state index in [4.69, 9.17) is 10.00 Å². The van der Waals surface area contributed by atoms with E-state index < -0.39 is 12.2 Å². The predicted octanol–water partition coefficient (Wildman–Crippen LogP) is 4.15. The molecule has 1 heterocycles. The van der Waals surface area contributed by atoms with Gasteiger partial charge in [0.15, 0.2) is 12.4 Å². The maximum atomic E-state index is 12.7. The second kappa shape index (κ2) is 11.1. The van der Waals surface area contributed by atoms with Crippen LogP contribution >= 0.6 is 0 Å². The third kappa shape index (κ3) is 6.16. The number of nitrogens with one attached hydrogen (secondary N) is 1. The van der Waals surface area contributed by atoms with E-state index in [0.29, 0.717) is 6.42 Å². The molecule has 0 aliphatic carbocycles. The molecule has 164 valence electrons. The van der Waals surface area contributed by atoms with Crippen LogP contribution in [0.25, 0.3) is 11.1 Å². The maximum absolute atomic E-state index is 12.7. The molecule has 2 aromatic carbocycles. The van der Waals surface area contributed by atoms with Gasteiger partial charge in [-0.25, -0.2) is 0 Å². The Hall–Kier alpha value is -3.69. The lowest BCUT2D eigenvalue weighted by Crippen LogP contribution is -2.38. The predicted molar refractivity (Wildman–Crippen MR) is 122 cm³/mol. The zero-order valence-corrected chi connectivity index (χ0v) is 18.3. The summed E-state index contributed by atoms with van der Waals surface area (Å²) < 4.78 is 7.15. The molecular weight excluding hydrogens is 402 g/mol. The van der Waals surface area contributed by atoms with Gasteiger partial charge in [0.2, 0.25) is 5.91 Å². The SMILES string of the molecule is CC(C)C[C@H](O[C@H](c1ccccc1)c1ccc(-c2ccc[n+]([O-])c2)cc1)C(=O)NCC#N. The van der Waals surface area contributed by atoms with Gasteiger partial charge in [-0.15, -0.1) is 0 Å². The lowest BCUT2D eigenvalue weighted by atomic mass is 9.97. The standard InChI is InChI=1S/C26H27N3O3/c1-19(2)17-24(26(30)28-15-14-27)32-25(21-7-4-3-5-8-21)22-12-10-20(11-13-22)23-9-6-16-29(31)18-23/h3-13,16,18-19,24-25H,15,17H2,1-2H3,(H,28,30)/t24-,25+/m0/s1. The Morgan fingerprint density at radius 2 is 1.72 bits per heavy atom. The lowest BCUT2D eigenvalue weighted by molar-refractivity contribution is -0.604. The number of hydrogen-bond acceptors (Lipinski definition) is 4. The highest BCUT2D eigenvalue weighted by molar-refractivity contribution is 5.81. The molecule has 3 rings (SSSR count). The third-order valence-electron chi connectivity index (χ3n) is 5.04. The summed E-state index contributed by atoms with van der Waals surface area (Å²) in [5.41, 5.74) is 3.56. The molecule has 0 bridgehead atoms. The third-order valence-corrected chi connectivity index (χ3v) is 5.04. The molecule has 1 aromatic heterocycles. The minimum atomic E-state index is -0.693. The number of hydrogen-bond donors (Lipinski definition) is 1. The molecule has 6 nitrogen and oxygen atoms in total. The topological polar surface area (TPSA) is 89.1 Å². The zero-order valence-electron chi connectivity index (χ0n) is 18.3. The molecule has 0 aliphatic rings. The van der Waals surface area contributed by atoms with Crippen LogP contribution in [0.5, 0.6) is 0 Å². The minimum Gasteiger partial charge on any atom is -0.619 e. The van der Waals surface area contributed by atoms with Crippen LogP contribution < -0.4 is 10.0 Å². The van der Waals surface area contributed by atoms with Crippen molar-refractivity contribution in [2.75, 3.05) is 6.54 Å². The number of amides is 1. The molecule has 0 spiro atoms. The first-order chi connectivity index (χ1) is 15.5. The van der Waals surface area contributed by atoms with Crippen LogP contribution in [0.1, 0.15) is 37.5 Å². The summed E-state index contributed by atoms with van der Waals surface area (Å²) in [4.78, 5) is 12.7. The number of carbonyl (C=O) groups is 1. The molecule has 0 saturated heterocycles. The maximum Gasteiger partial charge on any atom is 0.250 e. The lowest BCUT2D eigenvalue weighted by Gasteiger charge is -2.26. The number of ether oxygens (including phenoxy) is 1. The van der Waals surface area contributed by atoms with Gasteiger partial charge in [0.25, 0.3) is 0 Å². The molecule has 32 heavy (non-hydrogen) atoms. The summed E-state index contributed by atoms with van der Waals surface area (Å²) in [5.74, 6) is -0.0504. The monoisotopic (exact) mass is 429 g/mol. The molecule has 6 heteroatoms. The van der Waals surface area contributed by atoms with E-state index in [9.17, 15) is 10.0 Å². The number of carbonyl (C=O) groups excluding carboxylic acids is 1. The normalized spacial score (nSPS) is 12.7. The van der Waals surface area contributed by atoms with Crippen molar-refractivity contribution in [2.45, 2.75) is 32.5 Å². The van der Waals surface area contributed by atoms with Crippen LogP contribution in [0.3, 0.4) is 0 Å². The van der Waals surface area contributed by atoms with Crippen LogP contribution in [0.15, 0.2) is 79.1 Å². The van der Waals surface area contributed by atoms with Crippen molar-refractivity contribution in [2.24, 2.45) is 5.92 Å². The Kier molecular flexibility index (Phi) is 7.96. The average molecular weight is 430 g/mol. The Morgan fingerprint density at radius 3 is 2.34 bits per heavy atom. The van der Waals surface area contributed by atoms with E-state index in [0.717, 1.165) is 27.0 Å². The van der Waals surface area contributed by atoms with Gasteiger partial charge in [0.1, 0.15) is 18.8 Å². The first kappa shape index (κ1) is 23.0. The van der Waals surface area contributed by atoms with E-state index >= 15 is 0 Å². The van der Waals surface area contributed by atoms with E-state index in [1.165, 1.54) is 12.4 Å². The first-order valence-electron chi connectivity index (χ1n) is 10.6. The number of nitrogens with zero attached hydrogens (tertiary/aromatic N) is 2. The number of benzene rings is 2. The molecule has 0 fully saturated rings. The van der Waals surface area contributed by atoms with Gasteiger partial charge in [-0.1, -0.05) is 68.4 Å². The fourth-order valence-corrected chi connectivity index (χ4v) is 3.51. The highest BCUT2D eigenvalue weighted by atomic mass is 16.5. The van der Waals surface area contributed by atoms with E-state index in [-0.39, 0.29) is 18.4 Å². The summed E-state index contributed by atoms with van der Waals surface area (Å²) in [5, 5.41) is 23.1. The largest absolute Gasteiger partial charge is 0.619 e. The zero-order chi connectivity index (χ0) is 22.9. The Balaban J connectivity index is 1.92. The van der Waals surface area contributed by atoms with Crippen molar-refractivity contribution in [1.82, 2.24) is 5.32 Å². The number of pyridine rings is 1. The second-order valence-electron chi connectivity index (χ2n) is 8.00. The van der Waals surface area contributed by atoms with Gasteiger partial charge in [-0.2, -0.15) is 9.99 Å². The van der Waals surface area contributed by atoms with Crippen molar-refractivity contribution < 1.29 is 14.3 Å². The van der Waals surface area contributed by atoms with Crippen molar-refractivity contribution in [3.8, 4) is 17.2 Å². The van der Waals surface area contributed by atoms with Crippen LogP contribution in [0.2, 0.25) is 0 Å². The van der Waals surface area contributed by atoms with Crippen LogP contribution in [-0.2, 0) is 9.53 Å². The summed E-state index contributed by atoms with van der Waals surface area (Å²) in [6.45, 7) is 4.00. The van der Waals surface area contributed by atoms with Gasteiger partial charge in [-0.05, 0) is 35.1 Å².